The van der Waals surface area contributed by atoms with Crippen molar-refractivity contribution in [1.82, 2.24) is 5.32 Å². The van der Waals surface area contributed by atoms with Crippen LogP contribution in [0.2, 0.25) is 0 Å². The van der Waals surface area contributed by atoms with Gasteiger partial charge < -0.3 is 15.0 Å². The Hall–Kier alpha value is -2.88. The Labute approximate surface area is 159 Å². The molecule has 1 aliphatic heterocycles. The van der Waals surface area contributed by atoms with Gasteiger partial charge in [-0.1, -0.05) is 13.8 Å². The first-order valence-corrected chi connectivity index (χ1v) is 9.02. The van der Waals surface area contributed by atoms with Crippen molar-refractivity contribution in [3.8, 4) is 6.07 Å². The molecular formula is C20H25N3O4. The average molecular weight is 371 g/mol. The van der Waals surface area contributed by atoms with Gasteiger partial charge in [-0.2, -0.15) is 5.26 Å². The lowest BCUT2D eigenvalue weighted by Gasteiger charge is -2.28. The smallest absolute Gasteiger partial charge is 0.338 e. The van der Waals surface area contributed by atoms with E-state index < -0.39 is 23.5 Å². The fourth-order valence-electron chi connectivity index (χ4n) is 2.64. The van der Waals surface area contributed by atoms with E-state index in [9.17, 15) is 19.6 Å². The van der Waals surface area contributed by atoms with Gasteiger partial charge >= 0.3 is 5.97 Å². The molecule has 0 bridgehead atoms. The van der Waals surface area contributed by atoms with Crippen LogP contribution >= 0.6 is 0 Å². The van der Waals surface area contributed by atoms with Crippen molar-refractivity contribution < 1.29 is 19.1 Å². The van der Waals surface area contributed by atoms with Crippen molar-refractivity contribution in [2.24, 2.45) is 5.92 Å². The number of anilines is 1. The van der Waals surface area contributed by atoms with E-state index in [4.69, 9.17) is 4.74 Å². The van der Waals surface area contributed by atoms with Crippen molar-refractivity contribution in [1.29, 1.82) is 5.26 Å². The summed E-state index contributed by atoms with van der Waals surface area (Å²) in [6.45, 7) is 7.41. The van der Waals surface area contributed by atoms with Gasteiger partial charge in [0.2, 0.25) is 5.91 Å². The first-order chi connectivity index (χ1) is 12.7. The second-order valence-corrected chi connectivity index (χ2v) is 7.20. The summed E-state index contributed by atoms with van der Waals surface area (Å²) in [5.74, 6) is -1.20. The van der Waals surface area contributed by atoms with Gasteiger partial charge in [0.25, 0.3) is 5.91 Å². The fourth-order valence-corrected chi connectivity index (χ4v) is 2.64. The molecule has 0 aliphatic carbocycles. The van der Waals surface area contributed by atoms with Gasteiger partial charge in [0, 0.05) is 18.7 Å². The van der Waals surface area contributed by atoms with Crippen molar-refractivity contribution >= 4 is 23.5 Å². The molecule has 7 heteroatoms. The number of hydrogen-bond acceptors (Lipinski definition) is 5. The molecule has 1 N–H and O–H groups in total. The Morgan fingerprint density at radius 1 is 1.26 bits per heavy atom. The summed E-state index contributed by atoms with van der Waals surface area (Å²) in [5, 5.41) is 11.9. The van der Waals surface area contributed by atoms with E-state index in [0.717, 1.165) is 12.1 Å². The third-order valence-corrected chi connectivity index (χ3v) is 4.91. The molecule has 144 valence electrons. The molecule has 0 saturated carbocycles. The van der Waals surface area contributed by atoms with Crippen LogP contribution in [-0.2, 0) is 14.3 Å². The zero-order chi connectivity index (χ0) is 20.2. The molecule has 2 rings (SSSR count). The van der Waals surface area contributed by atoms with E-state index in [1.54, 1.807) is 36.1 Å². The van der Waals surface area contributed by atoms with E-state index in [-0.39, 0.29) is 17.4 Å². The molecule has 0 radical (unpaired) electrons. The predicted octanol–water partition coefficient (Wildman–Crippen LogP) is 2.41. The SMILES string of the molecule is CC(C)[C@](C)(C#N)NC(=O)[C@H](C)OC(=O)c1ccc(N2CCCC2=O)cc1. The fraction of sp³-hybridized carbons (Fsp3) is 0.500. The highest BCUT2D eigenvalue weighted by atomic mass is 16.5. The maximum atomic E-state index is 12.3. The average Bonchev–Trinajstić information content (AvgIpc) is 3.07. The first kappa shape index (κ1) is 20.4. The van der Waals surface area contributed by atoms with Crippen LogP contribution in [0.25, 0.3) is 0 Å². The number of esters is 1. The van der Waals surface area contributed by atoms with E-state index >= 15 is 0 Å². The van der Waals surface area contributed by atoms with Crippen molar-refractivity contribution in [3.05, 3.63) is 29.8 Å². The largest absolute Gasteiger partial charge is 0.449 e. The number of rotatable bonds is 6. The third kappa shape index (κ3) is 4.64. The Balaban J connectivity index is 1.99. The second kappa shape index (κ2) is 8.21. The predicted molar refractivity (Wildman–Crippen MR) is 99.9 cm³/mol. The number of ether oxygens (including phenoxy) is 1. The van der Waals surface area contributed by atoms with Gasteiger partial charge in [0.05, 0.1) is 11.6 Å². The third-order valence-electron chi connectivity index (χ3n) is 4.91. The summed E-state index contributed by atoms with van der Waals surface area (Å²) >= 11 is 0. The number of carbonyl (C=O) groups is 3. The summed E-state index contributed by atoms with van der Waals surface area (Å²) in [6.07, 6.45) is 0.325. The number of benzene rings is 1. The Morgan fingerprint density at radius 2 is 1.89 bits per heavy atom. The van der Waals surface area contributed by atoms with Crippen LogP contribution in [0, 0.1) is 17.2 Å². The zero-order valence-electron chi connectivity index (χ0n) is 16.1. The van der Waals surface area contributed by atoms with Gasteiger partial charge in [0.15, 0.2) is 6.10 Å². The molecular weight excluding hydrogens is 346 g/mol. The molecule has 2 atom stereocenters. The van der Waals surface area contributed by atoms with E-state index in [1.807, 2.05) is 13.8 Å². The van der Waals surface area contributed by atoms with Gasteiger partial charge in [-0.05, 0) is 50.5 Å². The number of nitrogens with one attached hydrogen (secondary N) is 1. The summed E-state index contributed by atoms with van der Waals surface area (Å²) < 4.78 is 5.21. The number of hydrogen-bond donors (Lipinski definition) is 1. The monoisotopic (exact) mass is 371 g/mol. The van der Waals surface area contributed by atoms with Gasteiger partial charge in [0.1, 0.15) is 5.54 Å². The second-order valence-electron chi connectivity index (χ2n) is 7.20. The standard InChI is InChI=1S/C20H25N3O4/c1-13(2)20(4,12-21)22-18(25)14(3)27-19(26)15-7-9-16(10-8-15)23-11-5-6-17(23)24/h7-10,13-14H,5-6,11H2,1-4H3,(H,22,25)/t14-,20-/m0/s1. The minimum atomic E-state index is -1.04. The molecule has 1 heterocycles. The number of nitriles is 1. The zero-order valence-corrected chi connectivity index (χ0v) is 16.1. The van der Waals surface area contributed by atoms with Crippen LogP contribution < -0.4 is 10.2 Å². The molecule has 2 amide bonds. The number of carbonyl (C=O) groups excluding carboxylic acids is 3. The minimum Gasteiger partial charge on any atom is -0.449 e. The molecule has 0 unspecified atom stereocenters. The quantitative estimate of drug-likeness (QED) is 0.774. The highest BCUT2D eigenvalue weighted by Gasteiger charge is 2.32. The van der Waals surface area contributed by atoms with Crippen LogP contribution in [0.1, 0.15) is 50.9 Å². The Morgan fingerprint density at radius 3 is 2.37 bits per heavy atom. The molecule has 1 aliphatic rings. The Bertz CT molecular complexity index is 766. The molecule has 1 aromatic carbocycles. The highest BCUT2D eigenvalue weighted by Crippen LogP contribution is 2.22. The summed E-state index contributed by atoms with van der Waals surface area (Å²) in [7, 11) is 0. The van der Waals surface area contributed by atoms with Crippen LogP contribution in [-0.4, -0.2) is 36.0 Å². The van der Waals surface area contributed by atoms with Gasteiger partial charge in [-0.25, -0.2) is 4.79 Å². The lowest BCUT2D eigenvalue weighted by Crippen LogP contribution is -2.52. The van der Waals surface area contributed by atoms with Crippen molar-refractivity contribution in [2.45, 2.75) is 52.2 Å². The molecule has 1 aromatic rings. The molecule has 0 spiro atoms. The van der Waals surface area contributed by atoms with Crippen LogP contribution in [0.3, 0.4) is 0 Å². The van der Waals surface area contributed by atoms with Crippen LogP contribution in [0.5, 0.6) is 0 Å². The normalized spacial score (nSPS) is 17.2. The Kier molecular flexibility index (Phi) is 6.21. The minimum absolute atomic E-state index is 0.0707. The number of amides is 2. The lowest BCUT2D eigenvalue weighted by molar-refractivity contribution is -0.130. The topological polar surface area (TPSA) is 99.5 Å². The van der Waals surface area contributed by atoms with Crippen LogP contribution in [0.4, 0.5) is 5.69 Å². The summed E-state index contributed by atoms with van der Waals surface area (Å²) in [6, 6.07) is 8.60. The number of nitrogens with zero attached hydrogens (tertiary/aromatic N) is 2. The summed E-state index contributed by atoms with van der Waals surface area (Å²) in [4.78, 5) is 38.0. The van der Waals surface area contributed by atoms with E-state index in [2.05, 4.69) is 11.4 Å². The molecule has 1 saturated heterocycles. The maximum absolute atomic E-state index is 12.3. The molecule has 7 nitrogen and oxygen atoms in total. The molecule has 27 heavy (non-hydrogen) atoms. The maximum Gasteiger partial charge on any atom is 0.338 e. The van der Waals surface area contributed by atoms with Gasteiger partial charge in [-0.15, -0.1) is 0 Å². The first-order valence-electron chi connectivity index (χ1n) is 9.02. The van der Waals surface area contributed by atoms with E-state index in [1.165, 1.54) is 6.92 Å². The van der Waals surface area contributed by atoms with Crippen molar-refractivity contribution in [2.75, 3.05) is 11.4 Å². The highest BCUT2D eigenvalue weighted by molar-refractivity contribution is 5.96. The lowest BCUT2D eigenvalue weighted by atomic mass is 9.90. The van der Waals surface area contributed by atoms with Crippen molar-refractivity contribution in [3.63, 3.8) is 0 Å². The molecule has 1 fully saturated rings. The van der Waals surface area contributed by atoms with Gasteiger partial charge in [-0.3, -0.25) is 9.59 Å². The van der Waals surface area contributed by atoms with E-state index in [0.29, 0.717) is 13.0 Å². The van der Waals surface area contributed by atoms with Crippen LogP contribution in [0.15, 0.2) is 24.3 Å². The summed E-state index contributed by atoms with van der Waals surface area (Å²) in [5.41, 5.74) is -0.0136. The molecule has 0 aromatic heterocycles.